The minimum absolute atomic E-state index is 0.0694. The first kappa shape index (κ1) is 29.2. The highest BCUT2D eigenvalue weighted by Gasteiger charge is 2.69. The van der Waals surface area contributed by atoms with Gasteiger partial charge in [-0.2, -0.15) is 35.1 Å². The van der Waals surface area contributed by atoms with E-state index in [1.807, 2.05) is 0 Å². The van der Waals surface area contributed by atoms with Gasteiger partial charge < -0.3 is 18.8 Å². The molecule has 1 unspecified atom stereocenters. The molecule has 0 spiro atoms. The Balaban J connectivity index is 3.28. The standard InChI is InChI=1S/C17H14F8O8S/c1-10(18)12(26)33-15(16(21,22)23,13(27)31-9-11-5-3-2-4-6-11)32-8-7-14(19,20)17(24,25)34(28,29)30/h2-6H,1,7-9H2,(H,28,29,30)/p-1. The van der Waals surface area contributed by atoms with E-state index in [1.165, 1.54) is 30.3 Å². The molecule has 0 aromatic heterocycles. The van der Waals surface area contributed by atoms with Crippen LogP contribution in [0.4, 0.5) is 35.1 Å². The summed E-state index contributed by atoms with van der Waals surface area (Å²) in [4.78, 5) is 23.5. The van der Waals surface area contributed by atoms with E-state index >= 15 is 0 Å². The van der Waals surface area contributed by atoms with Crippen LogP contribution in [0.3, 0.4) is 0 Å². The lowest BCUT2D eigenvalue weighted by Crippen LogP contribution is -2.59. The van der Waals surface area contributed by atoms with Gasteiger partial charge in [-0.25, -0.2) is 18.0 Å². The average molecular weight is 529 g/mol. The number of hydrogen-bond donors (Lipinski definition) is 0. The van der Waals surface area contributed by atoms with Crippen molar-refractivity contribution in [1.82, 2.24) is 0 Å². The normalized spacial score (nSPS) is 14.7. The van der Waals surface area contributed by atoms with Crippen LogP contribution < -0.4 is 0 Å². The van der Waals surface area contributed by atoms with E-state index in [4.69, 9.17) is 0 Å². The number of carbonyl (C=O) groups is 2. The van der Waals surface area contributed by atoms with Gasteiger partial charge in [0.25, 0.3) is 0 Å². The van der Waals surface area contributed by atoms with Gasteiger partial charge in [-0.1, -0.05) is 36.9 Å². The van der Waals surface area contributed by atoms with Gasteiger partial charge in [-0.15, -0.1) is 0 Å². The van der Waals surface area contributed by atoms with Crippen LogP contribution in [0.2, 0.25) is 0 Å². The summed E-state index contributed by atoms with van der Waals surface area (Å²) in [6.07, 6.45) is -8.77. The van der Waals surface area contributed by atoms with Gasteiger partial charge in [-0.05, 0) is 5.56 Å². The van der Waals surface area contributed by atoms with E-state index < -0.39 is 70.7 Å². The quantitative estimate of drug-likeness (QED) is 0.141. The molecular weight excluding hydrogens is 516 g/mol. The molecule has 0 fully saturated rings. The Labute approximate surface area is 185 Å². The molecule has 0 aliphatic heterocycles. The van der Waals surface area contributed by atoms with E-state index in [0.29, 0.717) is 0 Å². The molecule has 0 amide bonds. The average Bonchev–Trinajstić information content (AvgIpc) is 2.69. The molecule has 1 rings (SSSR count). The first-order chi connectivity index (χ1) is 15.3. The van der Waals surface area contributed by atoms with Crippen LogP contribution in [0.25, 0.3) is 0 Å². The maximum Gasteiger partial charge on any atom is 0.468 e. The number of halogens is 8. The van der Waals surface area contributed by atoms with Gasteiger partial charge in [0.2, 0.25) is 5.83 Å². The van der Waals surface area contributed by atoms with Gasteiger partial charge in [0, 0.05) is 6.42 Å². The van der Waals surface area contributed by atoms with E-state index in [-0.39, 0.29) is 5.56 Å². The van der Waals surface area contributed by atoms with Gasteiger partial charge in [0.05, 0.1) is 6.61 Å². The van der Waals surface area contributed by atoms with E-state index in [1.54, 1.807) is 0 Å². The van der Waals surface area contributed by atoms with Crippen molar-refractivity contribution in [3.8, 4) is 0 Å². The van der Waals surface area contributed by atoms with Crippen molar-refractivity contribution in [1.29, 1.82) is 0 Å². The Bertz CT molecular complexity index is 1010. The molecule has 17 heteroatoms. The molecule has 1 aromatic carbocycles. The third-order valence-electron chi connectivity index (χ3n) is 3.77. The molecule has 8 nitrogen and oxygen atoms in total. The second kappa shape index (κ2) is 10.2. The minimum atomic E-state index is -6.99. The lowest BCUT2D eigenvalue weighted by atomic mass is 10.2. The Hall–Kier alpha value is -2.79. The number of rotatable bonds is 11. The second-order valence-electron chi connectivity index (χ2n) is 6.24. The fraction of sp³-hybridized carbons (Fsp3) is 0.412. The molecule has 0 aliphatic rings. The van der Waals surface area contributed by atoms with Crippen LogP contribution in [0.1, 0.15) is 12.0 Å². The highest BCUT2D eigenvalue weighted by molar-refractivity contribution is 7.86. The number of hydrogen-bond acceptors (Lipinski definition) is 8. The van der Waals surface area contributed by atoms with Crippen LogP contribution >= 0.6 is 0 Å². The molecular formula is C17H13F8O8S-. The lowest BCUT2D eigenvalue weighted by molar-refractivity contribution is -0.357. The third-order valence-corrected chi connectivity index (χ3v) is 4.70. The summed E-state index contributed by atoms with van der Waals surface area (Å²) in [5.41, 5.74) is 0.0694. The maximum absolute atomic E-state index is 13.7. The molecule has 0 radical (unpaired) electrons. The minimum Gasteiger partial charge on any atom is -0.743 e. The number of benzene rings is 1. The summed E-state index contributed by atoms with van der Waals surface area (Å²) >= 11 is 0. The Morgan fingerprint density at radius 3 is 1.97 bits per heavy atom. The molecule has 1 aromatic rings. The van der Waals surface area contributed by atoms with Crippen molar-refractivity contribution < 1.29 is 71.9 Å². The van der Waals surface area contributed by atoms with Gasteiger partial charge in [0.15, 0.2) is 10.1 Å². The molecule has 0 aliphatic carbocycles. The molecule has 0 bridgehead atoms. The van der Waals surface area contributed by atoms with Crippen LogP contribution in [0, 0.1) is 0 Å². The maximum atomic E-state index is 13.7. The number of esters is 2. The highest BCUT2D eigenvalue weighted by atomic mass is 32.2. The van der Waals surface area contributed by atoms with Crippen molar-refractivity contribution in [2.45, 2.75) is 36.2 Å². The molecule has 0 N–H and O–H groups in total. The number of ether oxygens (including phenoxy) is 3. The van der Waals surface area contributed by atoms with Gasteiger partial charge in [-0.3, -0.25) is 0 Å². The molecule has 1 atom stereocenters. The monoisotopic (exact) mass is 529 g/mol. The molecule has 0 saturated carbocycles. The molecule has 192 valence electrons. The fourth-order valence-corrected chi connectivity index (χ4v) is 2.51. The zero-order chi connectivity index (χ0) is 26.6. The van der Waals surface area contributed by atoms with Crippen LogP contribution in [-0.4, -0.2) is 54.7 Å². The zero-order valence-electron chi connectivity index (χ0n) is 16.4. The zero-order valence-corrected chi connectivity index (χ0v) is 17.2. The van der Waals surface area contributed by atoms with E-state index in [0.717, 1.165) is 0 Å². The summed E-state index contributed by atoms with van der Waals surface area (Å²) in [6.45, 7) is -0.876. The predicted octanol–water partition coefficient (Wildman–Crippen LogP) is 3.19. The summed E-state index contributed by atoms with van der Waals surface area (Å²) in [7, 11) is -6.99. The molecule has 0 heterocycles. The molecule has 0 saturated heterocycles. The van der Waals surface area contributed by atoms with E-state index in [9.17, 15) is 57.7 Å². The van der Waals surface area contributed by atoms with Crippen LogP contribution in [0.5, 0.6) is 0 Å². The van der Waals surface area contributed by atoms with E-state index in [2.05, 4.69) is 20.8 Å². The largest absolute Gasteiger partial charge is 0.743 e. The SMILES string of the molecule is C=C(F)C(=O)OC(OCCC(F)(F)C(F)(F)S(=O)(=O)[O-])(C(=O)OCc1ccccc1)C(F)(F)F. The fourth-order valence-electron chi connectivity index (χ4n) is 2.04. The lowest BCUT2D eigenvalue weighted by Gasteiger charge is -2.33. The second-order valence-corrected chi connectivity index (χ2v) is 7.67. The van der Waals surface area contributed by atoms with Crippen molar-refractivity contribution in [3.63, 3.8) is 0 Å². The summed E-state index contributed by atoms with van der Waals surface area (Å²) in [5.74, 6) is -18.2. The Kier molecular flexibility index (Phi) is 8.79. The van der Waals surface area contributed by atoms with Crippen molar-refractivity contribution in [3.05, 3.63) is 48.3 Å². The van der Waals surface area contributed by atoms with Gasteiger partial charge in [0.1, 0.15) is 6.61 Å². The third kappa shape index (κ3) is 6.41. The number of alkyl halides is 7. The van der Waals surface area contributed by atoms with Crippen molar-refractivity contribution in [2.75, 3.05) is 6.61 Å². The Morgan fingerprint density at radius 1 is 1.00 bits per heavy atom. The predicted molar refractivity (Wildman–Crippen MR) is 91.5 cm³/mol. The highest BCUT2D eigenvalue weighted by Crippen LogP contribution is 2.42. The first-order valence-electron chi connectivity index (χ1n) is 8.49. The van der Waals surface area contributed by atoms with Crippen molar-refractivity contribution in [2.24, 2.45) is 0 Å². The van der Waals surface area contributed by atoms with Gasteiger partial charge >= 0.3 is 35.1 Å². The van der Waals surface area contributed by atoms with Crippen molar-refractivity contribution >= 4 is 22.1 Å². The number of carbonyl (C=O) groups excluding carboxylic acids is 2. The summed E-state index contributed by atoms with van der Waals surface area (Å²) < 4.78 is 150. The summed E-state index contributed by atoms with van der Waals surface area (Å²) in [5, 5.41) is -6.29. The smallest absolute Gasteiger partial charge is 0.468 e. The Morgan fingerprint density at radius 2 is 1.53 bits per heavy atom. The molecule has 34 heavy (non-hydrogen) atoms. The van der Waals surface area contributed by atoms with Crippen LogP contribution in [0.15, 0.2) is 42.7 Å². The topological polar surface area (TPSA) is 119 Å². The first-order valence-corrected chi connectivity index (χ1v) is 9.90. The summed E-state index contributed by atoms with van der Waals surface area (Å²) in [6, 6.07) is 6.73. The van der Waals surface area contributed by atoms with Crippen LogP contribution in [-0.2, 0) is 40.5 Å².